The van der Waals surface area contributed by atoms with Gasteiger partial charge in [-0.3, -0.25) is 0 Å². The van der Waals surface area contributed by atoms with Gasteiger partial charge in [0.25, 0.3) is 0 Å². The van der Waals surface area contributed by atoms with E-state index in [1.165, 1.54) is 21.5 Å². The van der Waals surface area contributed by atoms with E-state index in [4.69, 9.17) is 0 Å². The van der Waals surface area contributed by atoms with Crippen LogP contribution in [0.25, 0.3) is 31.6 Å². The van der Waals surface area contributed by atoms with Gasteiger partial charge in [-0.05, 0) is 43.4 Å². The predicted molar refractivity (Wildman–Crippen MR) is 134 cm³/mol. The van der Waals surface area contributed by atoms with Gasteiger partial charge in [0.15, 0.2) is 5.82 Å². The minimum atomic E-state index is 0.846. The monoisotopic (exact) mass is 440 g/mol. The van der Waals surface area contributed by atoms with Crippen molar-refractivity contribution in [2.75, 3.05) is 43.4 Å². The first-order valence-electron chi connectivity index (χ1n) is 10.9. The number of nitrogens with zero attached hydrogens (tertiary/aromatic N) is 4. The highest BCUT2D eigenvalue weighted by molar-refractivity contribution is 7.22. The summed E-state index contributed by atoms with van der Waals surface area (Å²) in [4.78, 5) is 18.5. The standard InChI is InChI=1S/C25H24N6S/c1-30-10-12-31(13-11-30)22-5-3-2-4-19(22)23-15-21-24(32-23)25(28-16-27-21)29-18-6-7-20-17(14-18)8-9-26-20/h2-9,14-16,26H,10-13H2,1H3,(H,27,28,29). The first kappa shape index (κ1) is 19.3. The molecule has 3 aromatic heterocycles. The van der Waals surface area contributed by atoms with Crippen molar-refractivity contribution in [3.8, 4) is 10.4 Å². The molecule has 160 valence electrons. The first-order chi connectivity index (χ1) is 15.7. The summed E-state index contributed by atoms with van der Waals surface area (Å²) in [5.41, 5.74) is 5.68. The molecule has 5 aromatic rings. The van der Waals surface area contributed by atoms with Crippen molar-refractivity contribution in [3.05, 3.63) is 67.1 Å². The highest BCUT2D eigenvalue weighted by Gasteiger charge is 2.19. The van der Waals surface area contributed by atoms with Crippen LogP contribution in [0.15, 0.2) is 67.1 Å². The molecule has 2 aromatic carbocycles. The van der Waals surface area contributed by atoms with Crippen LogP contribution in [0.4, 0.5) is 17.2 Å². The third-order valence-corrected chi connectivity index (χ3v) is 7.30. The van der Waals surface area contributed by atoms with Crippen molar-refractivity contribution in [2.24, 2.45) is 0 Å². The maximum Gasteiger partial charge on any atom is 0.151 e. The third kappa shape index (κ3) is 3.49. The van der Waals surface area contributed by atoms with Gasteiger partial charge >= 0.3 is 0 Å². The Balaban J connectivity index is 1.37. The van der Waals surface area contributed by atoms with E-state index in [9.17, 15) is 0 Å². The lowest BCUT2D eigenvalue weighted by Gasteiger charge is -2.35. The molecule has 4 heterocycles. The molecule has 1 aliphatic heterocycles. The van der Waals surface area contributed by atoms with E-state index in [0.29, 0.717) is 0 Å². The van der Waals surface area contributed by atoms with Gasteiger partial charge < -0.3 is 20.1 Å². The van der Waals surface area contributed by atoms with Crippen LogP contribution in [0.1, 0.15) is 0 Å². The van der Waals surface area contributed by atoms with Crippen LogP contribution < -0.4 is 10.2 Å². The minimum absolute atomic E-state index is 0.846. The molecule has 0 atom stereocenters. The third-order valence-electron chi connectivity index (χ3n) is 6.14. The van der Waals surface area contributed by atoms with Crippen LogP contribution in [-0.4, -0.2) is 53.1 Å². The molecule has 0 radical (unpaired) electrons. The van der Waals surface area contributed by atoms with E-state index >= 15 is 0 Å². The molecular weight excluding hydrogens is 416 g/mol. The van der Waals surface area contributed by atoms with Gasteiger partial charge in [-0.15, -0.1) is 11.3 Å². The normalized spacial score (nSPS) is 15.0. The summed E-state index contributed by atoms with van der Waals surface area (Å²) in [6.45, 7) is 4.27. The molecular formula is C25H24N6S. The highest BCUT2D eigenvalue weighted by atomic mass is 32.1. The molecule has 0 spiro atoms. The smallest absolute Gasteiger partial charge is 0.151 e. The number of rotatable bonds is 4. The molecule has 1 saturated heterocycles. The van der Waals surface area contributed by atoms with Gasteiger partial charge in [-0.2, -0.15) is 0 Å². The number of likely N-dealkylation sites (N-methyl/N-ethyl adjacent to an activating group) is 1. The fourth-order valence-electron chi connectivity index (χ4n) is 4.35. The molecule has 0 saturated carbocycles. The highest BCUT2D eigenvalue weighted by Crippen LogP contribution is 2.40. The summed E-state index contributed by atoms with van der Waals surface area (Å²) in [5.74, 6) is 0.846. The Morgan fingerprint density at radius 3 is 2.75 bits per heavy atom. The number of anilines is 3. The molecule has 32 heavy (non-hydrogen) atoms. The SMILES string of the molecule is CN1CCN(c2ccccc2-c2cc3ncnc(Nc4ccc5[nH]ccc5c4)c3s2)CC1. The number of aromatic amines is 1. The van der Waals surface area contributed by atoms with E-state index in [-0.39, 0.29) is 0 Å². The van der Waals surface area contributed by atoms with Crippen LogP contribution in [0.3, 0.4) is 0 Å². The number of hydrogen-bond donors (Lipinski definition) is 2. The maximum absolute atomic E-state index is 4.56. The Morgan fingerprint density at radius 2 is 1.84 bits per heavy atom. The summed E-state index contributed by atoms with van der Waals surface area (Å²) < 4.78 is 1.07. The lowest BCUT2D eigenvalue weighted by atomic mass is 10.1. The van der Waals surface area contributed by atoms with Gasteiger partial charge in [0.2, 0.25) is 0 Å². The van der Waals surface area contributed by atoms with Crippen LogP contribution in [-0.2, 0) is 0 Å². The number of para-hydroxylation sites is 1. The second kappa shape index (κ2) is 7.93. The van der Waals surface area contributed by atoms with Crippen LogP contribution >= 0.6 is 11.3 Å². The fraction of sp³-hybridized carbons (Fsp3) is 0.200. The summed E-state index contributed by atoms with van der Waals surface area (Å²) in [6.07, 6.45) is 3.60. The average molecular weight is 441 g/mol. The Labute approximate surface area is 190 Å². The van der Waals surface area contributed by atoms with Crippen LogP contribution in [0.5, 0.6) is 0 Å². The van der Waals surface area contributed by atoms with Crippen molar-refractivity contribution in [2.45, 2.75) is 0 Å². The number of nitrogens with one attached hydrogen (secondary N) is 2. The number of thiophene rings is 1. The van der Waals surface area contributed by atoms with E-state index < -0.39 is 0 Å². The molecule has 2 N–H and O–H groups in total. The summed E-state index contributed by atoms with van der Waals surface area (Å²) in [5, 5.41) is 4.68. The van der Waals surface area contributed by atoms with Crippen molar-refractivity contribution < 1.29 is 0 Å². The molecule has 6 nitrogen and oxygen atoms in total. The topological polar surface area (TPSA) is 60.1 Å². The van der Waals surface area contributed by atoms with Crippen molar-refractivity contribution >= 4 is 49.6 Å². The molecule has 0 unspecified atom stereocenters. The quantitative estimate of drug-likeness (QED) is 0.395. The maximum atomic E-state index is 4.56. The summed E-state index contributed by atoms with van der Waals surface area (Å²) in [6, 6.07) is 19.3. The zero-order valence-electron chi connectivity index (χ0n) is 17.9. The molecule has 6 rings (SSSR count). The molecule has 0 bridgehead atoms. The Hall–Kier alpha value is -3.42. The Morgan fingerprint density at radius 1 is 0.969 bits per heavy atom. The van der Waals surface area contributed by atoms with E-state index in [2.05, 4.69) is 91.7 Å². The number of benzene rings is 2. The number of H-pyrrole nitrogens is 1. The largest absolute Gasteiger partial charge is 0.368 e. The van der Waals surface area contributed by atoms with Crippen molar-refractivity contribution in [1.82, 2.24) is 19.9 Å². The molecule has 7 heteroatoms. The summed E-state index contributed by atoms with van der Waals surface area (Å²) in [7, 11) is 2.19. The molecule has 0 amide bonds. The second-order valence-electron chi connectivity index (χ2n) is 8.26. The number of aromatic nitrogens is 3. The predicted octanol–water partition coefficient (Wildman–Crippen LogP) is 5.34. The number of hydrogen-bond acceptors (Lipinski definition) is 6. The van der Waals surface area contributed by atoms with E-state index in [1.54, 1.807) is 17.7 Å². The zero-order chi connectivity index (χ0) is 21.5. The average Bonchev–Trinajstić information content (AvgIpc) is 3.47. The minimum Gasteiger partial charge on any atom is -0.368 e. The Kier molecular flexibility index (Phi) is 4.78. The number of piperazine rings is 1. The molecule has 1 fully saturated rings. The Bertz CT molecular complexity index is 1400. The first-order valence-corrected chi connectivity index (χ1v) is 11.7. The lowest BCUT2D eigenvalue weighted by Crippen LogP contribution is -2.44. The van der Waals surface area contributed by atoms with Crippen molar-refractivity contribution in [1.29, 1.82) is 0 Å². The van der Waals surface area contributed by atoms with E-state index in [0.717, 1.165) is 53.4 Å². The van der Waals surface area contributed by atoms with Gasteiger partial charge in [0.05, 0.1) is 10.2 Å². The zero-order valence-corrected chi connectivity index (χ0v) is 18.7. The number of fused-ring (bicyclic) bond motifs is 2. The van der Waals surface area contributed by atoms with Gasteiger partial charge in [-0.25, -0.2) is 9.97 Å². The van der Waals surface area contributed by atoms with Crippen LogP contribution in [0.2, 0.25) is 0 Å². The lowest BCUT2D eigenvalue weighted by molar-refractivity contribution is 0.313. The molecule has 1 aliphatic rings. The van der Waals surface area contributed by atoms with E-state index in [1.807, 2.05) is 6.20 Å². The second-order valence-corrected chi connectivity index (χ2v) is 9.31. The fourth-order valence-corrected chi connectivity index (χ4v) is 5.44. The molecule has 0 aliphatic carbocycles. The van der Waals surface area contributed by atoms with Crippen LogP contribution in [0, 0.1) is 0 Å². The van der Waals surface area contributed by atoms with Gasteiger partial charge in [-0.1, -0.05) is 18.2 Å². The van der Waals surface area contributed by atoms with Gasteiger partial charge in [0.1, 0.15) is 6.33 Å². The van der Waals surface area contributed by atoms with Gasteiger partial charge in [0, 0.05) is 65.1 Å². The van der Waals surface area contributed by atoms with Crippen molar-refractivity contribution in [3.63, 3.8) is 0 Å². The summed E-state index contributed by atoms with van der Waals surface area (Å²) >= 11 is 1.75.